The second kappa shape index (κ2) is 14.2. The van der Waals surface area contributed by atoms with Crippen molar-refractivity contribution in [3.63, 3.8) is 0 Å². The first-order valence-corrected chi connectivity index (χ1v) is 12.5. The van der Waals surface area contributed by atoms with Crippen molar-refractivity contribution in [2.45, 2.75) is 38.8 Å². The molecule has 0 aliphatic rings. The smallest absolute Gasteiger partial charge is 0.313 e. The summed E-state index contributed by atoms with van der Waals surface area (Å²) in [7, 11) is 0. The van der Waals surface area contributed by atoms with Gasteiger partial charge < -0.3 is 25.7 Å². The molecule has 15 heteroatoms. The monoisotopic (exact) mass is 595 g/mol. The van der Waals surface area contributed by atoms with Gasteiger partial charge in [0.1, 0.15) is 18.5 Å². The number of hydrogen-bond acceptors (Lipinski definition) is 6. The molecule has 0 bridgehead atoms. The normalized spacial score (nSPS) is 12.4. The first-order valence-electron chi connectivity index (χ1n) is 12.5. The minimum Gasteiger partial charge on any atom is -0.479 e. The molecule has 2 aromatic carbocycles. The van der Waals surface area contributed by atoms with E-state index in [1.165, 1.54) is 30.7 Å². The second-order valence-corrected chi connectivity index (χ2v) is 9.48. The number of rotatable bonds is 12. The highest BCUT2D eigenvalue weighted by Gasteiger charge is 2.30. The Bertz CT molecular complexity index is 1430. The van der Waals surface area contributed by atoms with Crippen molar-refractivity contribution in [1.29, 1.82) is 0 Å². The van der Waals surface area contributed by atoms with Crippen LogP contribution in [0.5, 0.6) is 5.75 Å². The van der Waals surface area contributed by atoms with Gasteiger partial charge in [0.15, 0.2) is 23.2 Å². The summed E-state index contributed by atoms with van der Waals surface area (Å²) in [6.45, 7) is 2.32. The number of aromatic nitrogens is 2. The number of nitrogens with one attached hydrogen (secondary N) is 4. The number of anilines is 1. The van der Waals surface area contributed by atoms with Gasteiger partial charge in [0.2, 0.25) is 17.5 Å². The number of carbonyl (C=O) groups is 4. The number of H-pyrrole nitrogens is 1. The second-order valence-electron chi connectivity index (χ2n) is 9.48. The number of aromatic amines is 1. The third kappa shape index (κ3) is 8.34. The van der Waals surface area contributed by atoms with Crippen LogP contribution >= 0.6 is 0 Å². The van der Waals surface area contributed by atoms with Crippen LogP contribution in [0.3, 0.4) is 0 Å². The van der Waals surface area contributed by atoms with Gasteiger partial charge in [-0.05, 0) is 24.5 Å². The summed E-state index contributed by atoms with van der Waals surface area (Å²) >= 11 is 0. The summed E-state index contributed by atoms with van der Waals surface area (Å²) in [5.74, 6) is -14.1. The molecule has 0 aliphatic heterocycles. The summed E-state index contributed by atoms with van der Waals surface area (Å²) in [6, 6.07) is 2.28. The number of imidazole rings is 1. The summed E-state index contributed by atoms with van der Waals surface area (Å²) in [5, 5.41) is 6.73. The molecule has 224 valence electrons. The molecule has 0 fully saturated rings. The van der Waals surface area contributed by atoms with Crippen LogP contribution in [-0.2, 0) is 25.6 Å². The third-order valence-corrected chi connectivity index (χ3v) is 5.77. The number of Topliss-reactive ketones (excluding diaryl/α,β-unsaturated/α-hetero) is 1. The molecule has 0 aliphatic carbocycles. The molecule has 0 saturated carbocycles. The van der Waals surface area contributed by atoms with Crippen molar-refractivity contribution in [3.05, 3.63) is 77.6 Å². The Balaban J connectivity index is 1.75. The van der Waals surface area contributed by atoms with Crippen LogP contribution in [0.2, 0.25) is 0 Å². The van der Waals surface area contributed by atoms with E-state index in [-0.39, 0.29) is 30.5 Å². The van der Waals surface area contributed by atoms with E-state index in [0.29, 0.717) is 5.69 Å². The summed E-state index contributed by atoms with van der Waals surface area (Å²) < 4.78 is 73.6. The molecule has 3 aromatic rings. The molecule has 0 saturated heterocycles. The highest BCUT2D eigenvalue weighted by Crippen LogP contribution is 2.26. The molecule has 2 atom stereocenters. The molecule has 0 spiro atoms. The molecule has 2 unspecified atom stereocenters. The van der Waals surface area contributed by atoms with Crippen molar-refractivity contribution in [1.82, 2.24) is 20.6 Å². The summed E-state index contributed by atoms with van der Waals surface area (Å²) in [6.07, 6.45) is 2.39. The van der Waals surface area contributed by atoms with Crippen LogP contribution in [0, 0.1) is 35.0 Å². The number of ether oxygens (including phenoxy) is 1. The Labute approximate surface area is 236 Å². The van der Waals surface area contributed by atoms with Gasteiger partial charge >= 0.3 is 11.8 Å². The van der Waals surface area contributed by atoms with Crippen molar-refractivity contribution >= 4 is 29.2 Å². The van der Waals surface area contributed by atoms with Gasteiger partial charge in [0, 0.05) is 24.4 Å². The van der Waals surface area contributed by atoms with Gasteiger partial charge in [-0.2, -0.15) is 8.78 Å². The highest BCUT2D eigenvalue weighted by atomic mass is 19.2. The molecule has 1 aromatic heterocycles. The van der Waals surface area contributed by atoms with Gasteiger partial charge in [-0.25, -0.2) is 18.2 Å². The summed E-state index contributed by atoms with van der Waals surface area (Å²) in [4.78, 5) is 57.6. The number of ketones is 1. The van der Waals surface area contributed by atoms with E-state index in [1.807, 2.05) is 0 Å². The Hall–Kier alpha value is -4.82. The maximum absolute atomic E-state index is 14.0. The third-order valence-electron chi connectivity index (χ3n) is 5.77. The van der Waals surface area contributed by atoms with E-state index in [2.05, 4.69) is 25.9 Å². The van der Waals surface area contributed by atoms with Crippen molar-refractivity contribution in [2.75, 3.05) is 11.9 Å². The fourth-order valence-corrected chi connectivity index (χ4v) is 3.72. The number of carbonyl (C=O) groups excluding carboxylic acids is 4. The lowest BCUT2D eigenvalue weighted by molar-refractivity contribution is -0.138. The van der Waals surface area contributed by atoms with E-state index in [4.69, 9.17) is 4.74 Å². The fraction of sp³-hybridized carbons (Fsp3) is 0.296. The average molecular weight is 596 g/mol. The van der Waals surface area contributed by atoms with Crippen LogP contribution in [0.4, 0.5) is 27.6 Å². The number of amides is 3. The number of nitrogens with zero attached hydrogens (tertiary/aromatic N) is 1. The summed E-state index contributed by atoms with van der Waals surface area (Å²) in [5.41, 5.74) is 0.0790. The first kappa shape index (κ1) is 31.7. The maximum atomic E-state index is 14.0. The van der Waals surface area contributed by atoms with Crippen LogP contribution in [0.25, 0.3) is 0 Å². The molecular weight excluding hydrogens is 569 g/mol. The Morgan fingerprint density at radius 3 is 2.17 bits per heavy atom. The number of hydrogen-bond donors (Lipinski definition) is 4. The van der Waals surface area contributed by atoms with Gasteiger partial charge in [0.25, 0.3) is 0 Å². The van der Waals surface area contributed by atoms with Crippen molar-refractivity contribution < 1.29 is 45.9 Å². The highest BCUT2D eigenvalue weighted by molar-refractivity contribution is 6.40. The van der Waals surface area contributed by atoms with Gasteiger partial charge in [-0.3, -0.25) is 19.2 Å². The fourth-order valence-electron chi connectivity index (χ4n) is 3.72. The molecule has 4 N–H and O–H groups in total. The molecule has 3 amide bonds. The molecule has 0 radical (unpaired) electrons. The first-order chi connectivity index (χ1) is 19.9. The standard InChI is InChI=1S/C27H26F5N5O5/c1-13(2)7-20(37-27(41)26(40)35-18-6-4-3-5-15(18)28)25(39)36-19(8-14-10-33-12-34-14)21(38)11-42-24-22(31)16(29)9-17(30)23(24)32/h3-6,9-10,12-13,19-20H,7-8,11H2,1-2H3,(H,33,34)(H,35,40)(H,36,39)(H,37,41). The zero-order valence-electron chi connectivity index (χ0n) is 22.3. The van der Waals surface area contributed by atoms with Crippen molar-refractivity contribution in [3.8, 4) is 5.75 Å². The van der Waals surface area contributed by atoms with Gasteiger partial charge in [-0.1, -0.05) is 26.0 Å². The number of halogens is 5. The van der Waals surface area contributed by atoms with E-state index < -0.39 is 77.0 Å². The van der Waals surface area contributed by atoms with Gasteiger partial charge in [0.05, 0.1) is 18.1 Å². The van der Waals surface area contributed by atoms with Crippen LogP contribution < -0.4 is 20.7 Å². The molecule has 1 heterocycles. The predicted molar refractivity (Wildman–Crippen MR) is 137 cm³/mol. The molecule has 42 heavy (non-hydrogen) atoms. The zero-order valence-corrected chi connectivity index (χ0v) is 22.3. The van der Waals surface area contributed by atoms with E-state index in [1.54, 1.807) is 13.8 Å². The van der Waals surface area contributed by atoms with E-state index in [9.17, 15) is 41.1 Å². The van der Waals surface area contributed by atoms with E-state index >= 15 is 0 Å². The van der Waals surface area contributed by atoms with Crippen LogP contribution in [0.1, 0.15) is 26.0 Å². The lowest BCUT2D eigenvalue weighted by Crippen LogP contribution is -2.54. The minimum atomic E-state index is -1.86. The lowest BCUT2D eigenvalue weighted by Gasteiger charge is -2.24. The van der Waals surface area contributed by atoms with Crippen LogP contribution in [-0.4, -0.2) is 52.2 Å². The Kier molecular flexibility index (Phi) is 10.7. The number of para-hydroxylation sites is 1. The largest absolute Gasteiger partial charge is 0.479 e. The quantitative estimate of drug-likeness (QED) is 0.144. The average Bonchev–Trinajstić information content (AvgIpc) is 3.45. The SMILES string of the molecule is CC(C)CC(NC(=O)C(=O)Nc1ccccc1F)C(=O)NC(Cc1cnc[nH]1)C(=O)COc1c(F)c(F)cc(F)c1F. The topological polar surface area (TPSA) is 142 Å². The zero-order chi connectivity index (χ0) is 31.0. The molecule has 10 nitrogen and oxygen atoms in total. The van der Waals surface area contributed by atoms with Gasteiger partial charge in [-0.15, -0.1) is 0 Å². The van der Waals surface area contributed by atoms with Crippen molar-refractivity contribution in [2.24, 2.45) is 5.92 Å². The molecule has 3 rings (SSSR count). The Morgan fingerprint density at radius 1 is 0.905 bits per heavy atom. The lowest BCUT2D eigenvalue weighted by atomic mass is 10.0. The van der Waals surface area contributed by atoms with E-state index in [0.717, 1.165) is 6.07 Å². The molecular formula is C27H26F5N5O5. The predicted octanol–water partition coefficient (Wildman–Crippen LogP) is 2.95. The maximum Gasteiger partial charge on any atom is 0.313 e. The van der Waals surface area contributed by atoms with Crippen LogP contribution in [0.15, 0.2) is 42.9 Å². The minimum absolute atomic E-state index is 0.00497. The Morgan fingerprint density at radius 2 is 1.57 bits per heavy atom. The number of benzene rings is 2.